The van der Waals surface area contributed by atoms with Crippen LogP contribution >= 0.6 is 0 Å². The van der Waals surface area contributed by atoms with Crippen LogP contribution in [0.2, 0.25) is 0 Å². The fraction of sp³-hybridized carbons (Fsp3) is 0. The molecule has 0 saturated carbocycles. The Bertz CT molecular complexity index is 69.1. The van der Waals surface area contributed by atoms with Gasteiger partial charge in [-0.15, -0.1) is 0 Å². The monoisotopic (exact) mass is 330 g/mol. The van der Waals surface area contributed by atoms with E-state index in [1.807, 2.05) is 0 Å². The van der Waals surface area contributed by atoms with Gasteiger partial charge in [0.2, 0.25) is 12.3 Å². The van der Waals surface area contributed by atoms with Crippen LogP contribution in [0.25, 0.3) is 0 Å². The molecule has 2 N–H and O–H groups in total. The molecule has 0 atom stereocenters. The van der Waals surface area contributed by atoms with Gasteiger partial charge < -0.3 is 30.0 Å². The molecule has 0 amide bonds. The maximum Gasteiger partial charge on any atom is 2.00 e. The largest absolute Gasteiger partial charge is 2.00 e. The molecule has 0 heterocycles. The second-order valence-electron chi connectivity index (χ2n) is 0.532. The third-order valence-electron chi connectivity index (χ3n) is 0. The molecule has 2 radical (unpaired) electrons. The molecule has 9 heavy (non-hydrogen) atoms. The number of hydrogen-bond donors (Lipinski definition) is 2. The first-order valence-electron chi connectivity index (χ1n) is 1.26. The van der Waals surface area contributed by atoms with Crippen molar-refractivity contribution in [3.05, 3.63) is 0 Å². The van der Waals surface area contributed by atoms with Crippen molar-refractivity contribution in [1.82, 2.24) is 0 Å². The Balaban J connectivity index is -0.0000000720. The van der Waals surface area contributed by atoms with Crippen LogP contribution in [0.3, 0.4) is 0 Å². The summed E-state index contributed by atoms with van der Waals surface area (Å²) in [6.45, 7) is 0. The molecule has 0 spiro atoms. The Hall–Kier alpha value is -0.538. The van der Waals surface area contributed by atoms with E-state index in [0.29, 0.717) is 0 Å². The molecule has 0 aromatic rings. The number of carbonyl (C=O) groups is 2. The van der Waals surface area contributed by atoms with Crippen LogP contribution in [0.15, 0.2) is 0 Å². The first kappa shape index (κ1) is 15.8. The van der Waals surface area contributed by atoms with Gasteiger partial charge in [-0.3, -0.25) is 0 Å². The van der Waals surface area contributed by atoms with Crippen molar-refractivity contribution >= 4 is 39.6 Å². The van der Waals surface area contributed by atoms with Gasteiger partial charge in [0.1, 0.15) is 0 Å². The van der Waals surface area contributed by atoms with Crippen LogP contribution in [0.1, 0.15) is 0 Å². The van der Waals surface area contributed by atoms with Crippen molar-refractivity contribution in [2.45, 2.75) is 0 Å². The smallest absolute Gasteiger partial charge is 0.565 e. The minimum atomic E-state index is -2.08. The van der Waals surface area contributed by atoms with Crippen LogP contribution in [0, 0.1) is 0 Å². The van der Waals surface area contributed by atoms with Gasteiger partial charge in [-0.05, 0) is 0 Å². The van der Waals surface area contributed by atoms with E-state index in [4.69, 9.17) is 30.0 Å². The first-order valence-corrected chi connectivity index (χ1v) is 1.26. The Labute approximate surface area is 69.9 Å². The quantitative estimate of drug-likeness (QED) is 0.470. The van der Waals surface area contributed by atoms with Crippen molar-refractivity contribution in [3.63, 3.8) is 0 Å². The second-order valence-corrected chi connectivity index (χ2v) is 0.532. The molecule has 0 aliphatic rings. The molecule has 0 fully saturated rings. The summed E-state index contributed by atoms with van der Waals surface area (Å²) in [7, 11) is 0. The fourth-order valence-electron chi connectivity index (χ4n) is 0. The predicted octanol–water partition coefficient (Wildman–Crippen LogP) is -2.61. The Morgan fingerprint density at radius 1 is 1.00 bits per heavy atom. The van der Waals surface area contributed by atoms with Crippen molar-refractivity contribution in [3.8, 4) is 0 Å². The van der Waals surface area contributed by atoms with E-state index < -0.39 is 12.3 Å². The van der Waals surface area contributed by atoms with Crippen molar-refractivity contribution < 1.29 is 30.0 Å². The average molecular weight is 329 g/mol. The summed E-state index contributed by atoms with van der Waals surface area (Å²) in [6, 6.07) is 0. The topological polar surface area (TPSA) is 121 Å². The molecule has 0 aromatic heterocycles. The molecule has 50 valence electrons. The van der Waals surface area contributed by atoms with E-state index in [0.717, 1.165) is 0 Å². The van der Waals surface area contributed by atoms with E-state index in [9.17, 15) is 0 Å². The van der Waals surface area contributed by atoms with Gasteiger partial charge in [-0.2, -0.15) is 0 Å². The summed E-state index contributed by atoms with van der Waals surface area (Å²) >= 11 is 0. The van der Waals surface area contributed by atoms with Crippen molar-refractivity contribution in [1.29, 1.82) is 0 Å². The Kier molecular flexibility index (Phi) is 18.3. The van der Waals surface area contributed by atoms with Gasteiger partial charge in [0.25, 0.3) is 0 Å². The molecule has 0 rings (SSSR count). The molecule has 6 nitrogen and oxygen atoms in total. The molecule has 0 aromatic carbocycles. The summed E-state index contributed by atoms with van der Waals surface area (Å²) < 4.78 is 0. The molecular formula is C2H2O6Pb. The number of rotatable bonds is 0. The van der Waals surface area contributed by atoms with E-state index in [-0.39, 0.29) is 27.3 Å². The summed E-state index contributed by atoms with van der Waals surface area (Å²) in [5.41, 5.74) is 0. The van der Waals surface area contributed by atoms with Gasteiger partial charge in [-0.1, -0.05) is 0 Å². The van der Waals surface area contributed by atoms with Gasteiger partial charge in [0.15, 0.2) is 0 Å². The third kappa shape index (κ3) is 769. The predicted molar refractivity (Wildman–Crippen MR) is 21.8 cm³/mol. The zero-order valence-corrected chi connectivity index (χ0v) is 7.91. The minimum absolute atomic E-state index is 0. The zero-order chi connectivity index (χ0) is 7.15. The van der Waals surface area contributed by atoms with Gasteiger partial charge >= 0.3 is 27.3 Å². The molecular weight excluding hydrogens is 327 g/mol. The number of carboxylic acid groups (broad SMARTS) is 4. The fourth-order valence-corrected chi connectivity index (χ4v) is 0. The van der Waals surface area contributed by atoms with Gasteiger partial charge in [-0.25, -0.2) is 0 Å². The SMILES string of the molecule is O=C([O-])O.O=C([O-])O.[Pb+2]. The van der Waals surface area contributed by atoms with Crippen LogP contribution in [-0.2, 0) is 0 Å². The van der Waals surface area contributed by atoms with Crippen molar-refractivity contribution in [2.75, 3.05) is 0 Å². The van der Waals surface area contributed by atoms with Crippen LogP contribution in [-0.4, -0.2) is 49.8 Å². The van der Waals surface area contributed by atoms with E-state index in [2.05, 4.69) is 0 Å². The second kappa shape index (κ2) is 10.4. The van der Waals surface area contributed by atoms with Crippen molar-refractivity contribution in [2.24, 2.45) is 0 Å². The number of hydrogen-bond acceptors (Lipinski definition) is 4. The molecule has 7 heteroatoms. The summed E-state index contributed by atoms with van der Waals surface area (Å²) in [5, 5.41) is 30.6. The summed E-state index contributed by atoms with van der Waals surface area (Å²) in [6.07, 6.45) is -4.17. The Morgan fingerprint density at radius 2 is 1.00 bits per heavy atom. The molecule has 0 saturated heterocycles. The van der Waals surface area contributed by atoms with Crippen LogP contribution < -0.4 is 10.2 Å². The third-order valence-corrected chi connectivity index (χ3v) is 0. The molecule has 0 bridgehead atoms. The van der Waals surface area contributed by atoms with Crippen LogP contribution in [0.5, 0.6) is 0 Å². The maximum absolute atomic E-state index is 8.44. The maximum atomic E-state index is 8.44. The van der Waals surface area contributed by atoms with E-state index in [1.54, 1.807) is 0 Å². The first-order chi connectivity index (χ1) is 3.46. The molecule has 0 aliphatic carbocycles. The summed E-state index contributed by atoms with van der Waals surface area (Å²) in [5.74, 6) is 0. The Morgan fingerprint density at radius 3 is 1.00 bits per heavy atom. The standard InChI is InChI=1S/2CH2O3.Pb/c2*2-1(3)4;/h2*(H2,2,3,4);/q;;+2/p-2. The van der Waals surface area contributed by atoms with E-state index in [1.165, 1.54) is 0 Å². The minimum Gasteiger partial charge on any atom is -0.565 e. The summed E-state index contributed by atoms with van der Waals surface area (Å²) in [4.78, 5) is 16.9. The normalized spacial score (nSPS) is 5.33. The van der Waals surface area contributed by atoms with Gasteiger partial charge in [0, 0.05) is 0 Å². The van der Waals surface area contributed by atoms with Crippen LogP contribution in [0.4, 0.5) is 9.59 Å². The van der Waals surface area contributed by atoms with Gasteiger partial charge in [0.05, 0.1) is 0 Å². The average Bonchev–Trinajstić information content (AvgIpc) is 1.25. The van der Waals surface area contributed by atoms with E-state index >= 15 is 0 Å². The molecule has 0 unspecified atom stereocenters. The zero-order valence-electron chi connectivity index (χ0n) is 4.03. The molecule has 0 aliphatic heterocycles.